The van der Waals surface area contributed by atoms with Crippen molar-refractivity contribution in [3.8, 4) is 0 Å². The summed E-state index contributed by atoms with van der Waals surface area (Å²) in [5.74, 6) is 0.573. The predicted octanol–water partition coefficient (Wildman–Crippen LogP) is 5.58. The summed E-state index contributed by atoms with van der Waals surface area (Å²) in [6.07, 6.45) is 0. The minimum atomic E-state index is 0.244. The van der Waals surface area contributed by atoms with Crippen LogP contribution in [0.3, 0.4) is 0 Å². The van der Waals surface area contributed by atoms with Crippen LogP contribution in [0.1, 0.15) is 55.0 Å². The van der Waals surface area contributed by atoms with Crippen molar-refractivity contribution >= 4 is 15.9 Å². The van der Waals surface area contributed by atoms with Gasteiger partial charge in [-0.15, -0.1) is 0 Å². The molecule has 0 aliphatic heterocycles. The molecule has 1 unspecified atom stereocenters. The lowest BCUT2D eigenvalue weighted by Gasteiger charge is -2.22. The van der Waals surface area contributed by atoms with E-state index >= 15 is 0 Å². The summed E-state index contributed by atoms with van der Waals surface area (Å²) in [4.78, 5) is 0. The van der Waals surface area contributed by atoms with Crippen LogP contribution in [-0.4, -0.2) is 6.54 Å². The van der Waals surface area contributed by atoms with E-state index < -0.39 is 0 Å². The van der Waals surface area contributed by atoms with E-state index in [1.54, 1.807) is 0 Å². The highest BCUT2D eigenvalue weighted by molar-refractivity contribution is 9.10. The molecular weight excluding hydrogens is 322 g/mol. The van der Waals surface area contributed by atoms with Gasteiger partial charge in [0.15, 0.2) is 0 Å². The van der Waals surface area contributed by atoms with Crippen molar-refractivity contribution in [1.29, 1.82) is 0 Å². The average molecular weight is 346 g/mol. The molecule has 0 saturated carbocycles. The van der Waals surface area contributed by atoms with E-state index in [2.05, 4.69) is 91.4 Å². The third-order valence-electron chi connectivity index (χ3n) is 3.97. The molecule has 1 N–H and O–H groups in total. The molecule has 1 nitrogen and oxygen atoms in total. The van der Waals surface area contributed by atoms with E-state index in [-0.39, 0.29) is 6.04 Å². The summed E-state index contributed by atoms with van der Waals surface area (Å²) in [7, 11) is 0. The Hall–Kier alpha value is -1.12. The van der Waals surface area contributed by atoms with E-state index in [9.17, 15) is 0 Å². The third-order valence-corrected chi connectivity index (χ3v) is 4.82. The van der Waals surface area contributed by atoms with Gasteiger partial charge in [-0.05, 0) is 47.7 Å². The van der Waals surface area contributed by atoms with E-state index in [4.69, 9.17) is 0 Å². The summed E-state index contributed by atoms with van der Waals surface area (Å²) in [5, 5.41) is 3.61. The summed E-state index contributed by atoms with van der Waals surface area (Å²) < 4.78 is 1.17. The molecule has 0 radical (unpaired) electrons. The van der Waals surface area contributed by atoms with Crippen LogP contribution in [0.2, 0.25) is 0 Å². The zero-order chi connectivity index (χ0) is 15.4. The van der Waals surface area contributed by atoms with Crippen LogP contribution in [0.25, 0.3) is 0 Å². The normalized spacial score (nSPS) is 12.7. The first-order valence-electron chi connectivity index (χ1n) is 7.62. The Morgan fingerprint density at radius 2 is 1.62 bits per heavy atom. The molecule has 0 saturated heterocycles. The molecule has 112 valence electrons. The molecule has 0 amide bonds. The Morgan fingerprint density at radius 3 is 2.19 bits per heavy atom. The van der Waals surface area contributed by atoms with Crippen molar-refractivity contribution in [2.24, 2.45) is 0 Å². The summed E-state index contributed by atoms with van der Waals surface area (Å²) in [5.41, 5.74) is 5.35. The zero-order valence-electron chi connectivity index (χ0n) is 13.3. The SMILES string of the molecule is CCNC(c1ccc(C(C)C)cc1)c1cccc(Br)c1C. The molecule has 0 heterocycles. The first-order chi connectivity index (χ1) is 10.0. The van der Waals surface area contributed by atoms with Gasteiger partial charge in [0.05, 0.1) is 6.04 Å². The first kappa shape index (κ1) is 16.3. The van der Waals surface area contributed by atoms with Gasteiger partial charge in [-0.3, -0.25) is 0 Å². The van der Waals surface area contributed by atoms with Crippen molar-refractivity contribution < 1.29 is 0 Å². The van der Waals surface area contributed by atoms with Crippen molar-refractivity contribution in [3.63, 3.8) is 0 Å². The summed E-state index contributed by atoms with van der Waals surface area (Å²) in [6.45, 7) is 9.74. The zero-order valence-corrected chi connectivity index (χ0v) is 14.9. The minimum absolute atomic E-state index is 0.244. The van der Waals surface area contributed by atoms with E-state index in [0.29, 0.717) is 5.92 Å². The van der Waals surface area contributed by atoms with E-state index in [1.165, 1.54) is 26.7 Å². The van der Waals surface area contributed by atoms with Crippen LogP contribution < -0.4 is 5.32 Å². The molecule has 0 aromatic heterocycles. The molecule has 0 aliphatic rings. The molecule has 1 atom stereocenters. The Kier molecular flexibility index (Phi) is 5.60. The van der Waals surface area contributed by atoms with Gasteiger partial charge in [-0.1, -0.05) is 73.1 Å². The number of rotatable bonds is 5. The maximum atomic E-state index is 3.64. The number of hydrogen-bond donors (Lipinski definition) is 1. The largest absolute Gasteiger partial charge is 0.307 e. The second kappa shape index (κ2) is 7.24. The molecule has 2 aromatic rings. The number of hydrogen-bond acceptors (Lipinski definition) is 1. The highest BCUT2D eigenvalue weighted by atomic mass is 79.9. The summed E-state index contributed by atoms with van der Waals surface area (Å²) >= 11 is 3.64. The fourth-order valence-corrected chi connectivity index (χ4v) is 3.00. The highest BCUT2D eigenvalue weighted by Crippen LogP contribution is 2.29. The van der Waals surface area contributed by atoms with Crippen LogP contribution in [0.15, 0.2) is 46.9 Å². The van der Waals surface area contributed by atoms with Gasteiger partial charge in [0.25, 0.3) is 0 Å². The van der Waals surface area contributed by atoms with Gasteiger partial charge in [-0.2, -0.15) is 0 Å². The number of halogens is 1. The maximum Gasteiger partial charge on any atom is 0.0579 e. The molecule has 0 spiro atoms. The third kappa shape index (κ3) is 3.75. The molecule has 2 aromatic carbocycles. The molecular formula is C19H24BrN. The predicted molar refractivity (Wildman–Crippen MR) is 94.9 cm³/mol. The lowest BCUT2D eigenvalue weighted by Crippen LogP contribution is -2.22. The second-order valence-electron chi connectivity index (χ2n) is 5.77. The van der Waals surface area contributed by atoms with Gasteiger partial charge in [0.1, 0.15) is 0 Å². The fraction of sp³-hybridized carbons (Fsp3) is 0.368. The van der Waals surface area contributed by atoms with Crippen molar-refractivity contribution in [2.75, 3.05) is 6.54 Å². The molecule has 0 bridgehead atoms. The lowest BCUT2D eigenvalue weighted by atomic mass is 9.93. The standard InChI is InChI=1S/C19H24BrN/c1-5-21-19(17-7-6-8-18(20)14(17)4)16-11-9-15(10-12-16)13(2)3/h6-13,19,21H,5H2,1-4H3. The highest BCUT2D eigenvalue weighted by Gasteiger charge is 2.16. The van der Waals surface area contributed by atoms with Gasteiger partial charge in [0.2, 0.25) is 0 Å². The molecule has 2 heteroatoms. The van der Waals surface area contributed by atoms with E-state index in [0.717, 1.165) is 6.54 Å². The Balaban J connectivity index is 2.41. The van der Waals surface area contributed by atoms with Crippen molar-refractivity contribution in [1.82, 2.24) is 5.32 Å². The topological polar surface area (TPSA) is 12.0 Å². The number of nitrogens with one attached hydrogen (secondary N) is 1. The number of benzene rings is 2. The van der Waals surface area contributed by atoms with Crippen LogP contribution in [0, 0.1) is 6.92 Å². The second-order valence-corrected chi connectivity index (χ2v) is 6.62. The van der Waals surface area contributed by atoms with Gasteiger partial charge >= 0.3 is 0 Å². The van der Waals surface area contributed by atoms with Crippen molar-refractivity contribution in [2.45, 2.75) is 39.7 Å². The Morgan fingerprint density at radius 1 is 1.00 bits per heavy atom. The van der Waals surface area contributed by atoms with Gasteiger partial charge < -0.3 is 5.32 Å². The molecule has 0 aliphatic carbocycles. The minimum Gasteiger partial charge on any atom is -0.307 e. The van der Waals surface area contributed by atoms with Gasteiger partial charge in [-0.25, -0.2) is 0 Å². The molecule has 21 heavy (non-hydrogen) atoms. The van der Waals surface area contributed by atoms with Crippen LogP contribution in [0.5, 0.6) is 0 Å². The Labute approximate surface area is 136 Å². The van der Waals surface area contributed by atoms with Crippen LogP contribution in [-0.2, 0) is 0 Å². The average Bonchev–Trinajstić information content (AvgIpc) is 2.48. The van der Waals surface area contributed by atoms with Crippen molar-refractivity contribution in [3.05, 3.63) is 69.2 Å². The van der Waals surface area contributed by atoms with Crippen LogP contribution >= 0.6 is 15.9 Å². The fourth-order valence-electron chi connectivity index (χ4n) is 2.62. The maximum absolute atomic E-state index is 3.64. The quantitative estimate of drug-likeness (QED) is 0.745. The smallest absolute Gasteiger partial charge is 0.0579 e. The van der Waals surface area contributed by atoms with E-state index in [1.807, 2.05) is 0 Å². The first-order valence-corrected chi connectivity index (χ1v) is 8.42. The molecule has 2 rings (SSSR count). The molecule has 0 fully saturated rings. The summed E-state index contributed by atoms with van der Waals surface area (Å²) in [6, 6.07) is 15.7. The lowest BCUT2D eigenvalue weighted by molar-refractivity contribution is 0.627. The van der Waals surface area contributed by atoms with Gasteiger partial charge in [0, 0.05) is 4.47 Å². The Bertz CT molecular complexity index is 587. The monoisotopic (exact) mass is 345 g/mol. The van der Waals surface area contributed by atoms with Crippen LogP contribution in [0.4, 0.5) is 0 Å².